The molecular formula is C15H15Cl2NO2. The second kappa shape index (κ2) is 6.25. The molecule has 0 aliphatic carbocycles. The van der Waals surface area contributed by atoms with Crippen LogP contribution >= 0.6 is 23.2 Å². The molecule has 0 aliphatic heterocycles. The Hall–Kier alpha value is -1.58. The summed E-state index contributed by atoms with van der Waals surface area (Å²) in [4.78, 5) is 0. The van der Waals surface area contributed by atoms with E-state index in [1.165, 1.54) is 7.11 Å². The molecule has 0 saturated carbocycles. The molecule has 2 N–H and O–H groups in total. The summed E-state index contributed by atoms with van der Waals surface area (Å²) in [6.45, 7) is 1.97. The summed E-state index contributed by atoms with van der Waals surface area (Å²) in [6.07, 6.45) is 0. The van der Waals surface area contributed by atoms with E-state index in [1.54, 1.807) is 24.3 Å². The van der Waals surface area contributed by atoms with Crippen molar-refractivity contribution >= 4 is 28.9 Å². The number of phenolic OH excluding ortho intramolecular Hbond substituents is 1. The molecule has 2 rings (SSSR count). The highest BCUT2D eigenvalue weighted by Crippen LogP contribution is 2.32. The number of hydrogen-bond acceptors (Lipinski definition) is 3. The lowest BCUT2D eigenvalue weighted by Crippen LogP contribution is -2.07. The van der Waals surface area contributed by atoms with Gasteiger partial charge in [0.25, 0.3) is 0 Å². The third kappa shape index (κ3) is 3.30. The molecule has 0 fully saturated rings. The standard InChI is InChI=1S/C15H15Cl2NO2/c1-9(12-7-10(16)3-5-13(12)17)18-11-4-6-15(20-2)14(19)8-11/h3-9,18-19H,1-2H3. The topological polar surface area (TPSA) is 41.5 Å². The second-order valence-electron chi connectivity index (χ2n) is 4.42. The van der Waals surface area contributed by atoms with E-state index in [4.69, 9.17) is 27.9 Å². The van der Waals surface area contributed by atoms with Crippen LogP contribution in [0.5, 0.6) is 11.5 Å². The van der Waals surface area contributed by atoms with Crippen molar-refractivity contribution in [3.05, 3.63) is 52.0 Å². The summed E-state index contributed by atoms with van der Waals surface area (Å²) in [5.41, 5.74) is 1.67. The van der Waals surface area contributed by atoms with Gasteiger partial charge < -0.3 is 15.2 Å². The predicted octanol–water partition coefficient (Wildman–Crippen LogP) is 4.88. The van der Waals surface area contributed by atoms with Gasteiger partial charge in [-0.3, -0.25) is 0 Å². The van der Waals surface area contributed by atoms with Gasteiger partial charge in [-0.1, -0.05) is 23.2 Å². The van der Waals surface area contributed by atoms with Crippen LogP contribution in [0.1, 0.15) is 18.5 Å². The summed E-state index contributed by atoms with van der Waals surface area (Å²) in [7, 11) is 1.51. The fraction of sp³-hybridized carbons (Fsp3) is 0.200. The van der Waals surface area contributed by atoms with Gasteiger partial charge in [0.15, 0.2) is 11.5 Å². The maximum Gasteiger partial charge on any atom is 0.160 e. The Bertz CT molecular complexity index is 617. The number of ether oxygens (including phenoxy) is 1. The SMILES string of the molecule is COc1ccc(NC(C)c2cc(Cl)ccc2Cl)cc1O. The lowest BCUT2D eigenvalue weighted by atomic mass is 10.1. The molecule has 0 bridgehead atoms. The molecule has 3 nitrogen and oxygen atoms in total. The van der Waals surface area contributed by atoms with Crippen LogP contribution in [0, 0.1) is 0 Å². The Kier molecular flexibility index (Phi) is 4.63. The maximum atomic E-state index is 9.76. The number of aromatic hydroxyl groups is 1. The van der Waals surface area contributed by atoms with Gasteiger partial charge in [0.1, 0.15) is 0 Å². The zero-order valence-corrected chi connectivity index (χ0v) is 12.7. The highest BCUT2D eigenvalue weighted by Gasteiger charge is 2.11. The van der Waals surface area contributed by atoms with Crippen LogP contribution < -0.4 is 10.1 Å². The molecular weight excluding hydrogens is 297 g/mol. The highest BCUT2D eigenvalue weighted by molar-refractivity contribution is 6.33. The number of nitrogens with one attached hydrogen (secondary N) is 1. The Morgan fingerprint density at radius 1 is 1.15 bits per heavy atom. The lowest BCUT2D eigenvalue weighted by molar-refractivity contribution is 0.373. The molecule has 0 saturated heterocycles. The molecule has 0 amide bonds. The van der Waals surface area contributed by atoms with Crippen LogP contribution in [0.15, 0.2) is 36.4 Å². The minimum absolute atomic E-state index is 0.0472. The normalized spacial score (nSPS) is 12.0. The van der Waals surface area contributed by atoms with Crippen molar-refractivity contribution in [1.29, 1.82) is 0 Å². The molecule has 1 atom stereocenters. The van der Waals surface area contributed by atoms with Gasteiger partial charge in [0, 0.05) is 21.8 Å². The van der Waals surface area contributed by atoms with Gasteiger partial charge in [-0.05, 0) is 42.8 Å². The van der Waals surface area contributed by atoms with Crippen molar-refractivity contribution in [1.82, 2.24) is 0 Å². The first-order valence-corrected chi connectivity index (χ1v) is 6.85. The van der Waals surface area contributed by atoms with Crippen LogP contribution in [-0.2, 0) is 0 Å². The van der Waals surface area contributed by atoms with E-state index < -0.39 is 0 Å². The summed E-state index contributed by atoms with van der Waals surface area (Å²) < 4.78 is 5.01. The van der Waals surface area contributed by atoms with E-state index in [0.717, 1.165) is 11.3 Å². The van der Waals surface area contributed by atoms with Crippen molar-refractivity contribution < 1.29 is 9.84 Å². The van der Waals surface area contributed by atoms with E-state index in [1.807, 2.05) is 19.1 Å². The van der Waals surface area contributed by atoms with Crippen LogP contribution in [0.4, 0.5) is 5.69 Å². The molecule has 2 aromatic carbocycles. The molecule has 5 heteroatoms. The summed E-state index contributed by atoms with van der Waals surface area (Å²) in [5.74, 6) is 0.519. The average Bonchev–Trinajstić information content (AvgIpc) is 2.41. The van der Waals surface area contributed by atoms with Crippen LogP contribution in [-0.4, -0.2) is 12.2 Å². The first-order valence-electron chi connectivity index (χ1n) is 6.09. The number of halogens is 2. The van der Waals surface area contributed by atoms with Crippen molar-refractivity contribution in [3.63, 3.8) is 0 Å². The zero-order chi connectivity index (χ0) is 14.7. The van der Waals surface area contributed by atoms with Crippen LogP contribution in [0.2, 0.25) is 10.0 Å². The van der Waals surface area contributed by atoms with E-state index in [0.29, 0.717) is 15.8 Å². The van der Waals surface area contributed by atoms with Crippen molar-refractivity contribution in [2.75, 3.05) is 12.4 Å². The average molecular weight is 312 g/mol. The maximum absolute atomic E-state index is 9.76. The third-order valence-corrected chi connectivity index (χ3v) is 3.57. The van der Waals surface area contributed by atoms with Gasteiger partial charge in [-0.2, -0.15) is 0 Å². The van der Waals surface area contributed by atoms with Crippen molar-refractivity contribution in [3.8, 4) is 11.5 Å². The van der Waals surface area contributed by atoms with Crippen LogP contribution in [0.25, 0.3) is 0 Å². The molecule has 20 heavy (non-hydrogen) atoms. The minimum atomic E-state index is -0.0472. The highest BCUT2D eigenvalue weighted by atomic mass is 35.5. The Labute approximate surface area is 128 Å². The van der Waals surface area contributed by atoms with E-state index in [-0.39, 0.29) is 11.8 Å². The molecule has 0 heterocycles. The van der Waals surface area contributed by atoms with Crippen LogP contribution in [0.3, 0.4) is 0 Å². The number of hydrogen-bond donors (Lipinski definition) is 2. The van der Waals surface area contributed by atoms with E-state index in [9.17, 15) is 5.11 Å². The molecule has 0 aromatic heterocycles. The molecule has 0 aliphatic rings. The quantitative estimate of drug-likeness (QED) is 0.845. The number of benzene rings is 2. The lowest BCUT2D eigenvalue weighted by Gasteiger charge is -2.18. The molecule has 106 valence electrons. The van der Waals surface area contributed by atoms with Gasteiger partial charge in [0.2, 0.25) is 0 Å². The molecule has 1 unspecified atom stereocenters. The number of methoxy groups -OCH3 is 1. The van der Waals surface area contributed by atoms with Gasteiger partial charge in [-0.15, -0.1) is 0 Å². The van der Waals surface area contributed by atoms with Gasteiger partial charge >= 0.3 is 0 Å². The van der Waals surface area contributed by atoms with Gasteiger partial charge in [-0.25, -0.2) is 0 Å². The Morgan fingerprint density at radius 2 is 1.90 bits per heavy atom. The molecule has 0 spiro atoms. The summed E-state index contributed by atoms with van der Waals surface area (Å²) >= 11 is 12.2. The van der Waals surface area contributed by atoms with Crippen molar-refractivity contribution in [2.24, 2.45) is 0 Å². The van der Waals surface area contributed by atoms with E-state index >= 15 is 0 Å². The predicted molar refractivity (Wildman–Crippen MR) is 83.2 cm³/mol. The second-order valence-corrected chi connectivity index (χ2v) is 5.26. The summed E-state index contributed by atoms with van der Waals surface area (Å²) in [6, 6.07) is 10.4. The fourth-order valence-corrected chi connectivity index (χ4v) is 2.42. The Balaban J connectivity index is 2.21. The smallest absolute Gasteiger partial charge is 0.160 e. The first kappa shape index (κ1) is 14.8. The number of anilines is 1. The van der Waals surface area contributed by atoms with E-state index in [2.05, 4.69) is 5.32 Å². The fourth-order valence-electron chi connectivity index (χ4n) is 1.95. The molecule has 2 aromatic rings. The zero-order valence-electron chi connectivity index (χ0n) is 11.2. The van der Waals surface area contributed by atoms with Gasteiger partial charge in [0.05, 0.1) is 13.2 Å². The largest absolute Gasteiger partial charge is 0.504 e. The number of rotatable bonds is 4. The number of phenols is 1. The first-order chi connectivity index (χ1) is 9.51. The third-order valence-electron chi connectivity index (χ3n) is 2.99. The van der Waals surface area contributed by atoms with Crippen molar-refractivity contribution in [2.45, 2.75) is 13.0 Å². The minimum Gasteiger partial charge on any atom is -0.504 e. The molecule has 0 radical (unpaired) electrons. The monoisotopic (exact) mass is 311 g/mol. The Morgan fingerprint density at radius 3 is 2.55 bits per heavy atom. The summed E-state index contributed by atoms with van der Waals surface area (Å²) in [5, 5.41) is 14.3.